The Balaban J connectivity index is 2.07. The number of para-hydroxylation sites is 1. The zero-order valence-electron chi connectivity index (χ0n) is 14.7. The Kier molecular flexibility index (Phi) is 7.10. The molecule has 1 heterocycles. The average molecular weight is 375 g/mol. The summed E-state index contributed by atoms with van der Waals surface area (Å²) in [6.07, 6.45) is -3.61. The van der Waals surface area contributed by atoms with Crippen molar-refractivity contribution in [3.05, 3.63) is 23.8 Å². The Morgan fingerprint density at radius 2 is 1.92 bits per heavy atom. The number of piperazine rings is 1. The fourth-order valence-corrected chi connectivity index (χ4v) is 2.78. The minimum absolute atomic E-state index is 0.179. The third-order valence-electron chi connectivity index (χ3n) is 4.09. The molecule has 1 fully saturated rings. The summed E-state index contributed by atoms with van der Waals surface area (Å²) in [7, 11) is 1.48. The Labute approximate surface area is 150 Å². The molecule has 2 N–H and O–H groups in total. The van der Waals surface area contributed by atoms with Crippen LogP contribution in [0.25, 0.3) is 0 Å². The lowest BCUT2D eigenvalue weighted by molar-refractivity contribution is -0.148. The first-order chi connectivity index (χ1) is 12.4. The van der Waals surface area contributed by atoms with Crippen molar-refractivity contribution in [1.82, 2.24) is 9.80 Å². The molecule has 0 spiro atoms. The van der Waals surface area contributed by atoms with Crippen LogP contribution in [-0.2, 0) is 0 Å². The van der Waals surface area contributed by atoms with Gasteiger partial charge in [-0.15, -0.1) is 0 Å². The van der Waals surface area contributed by atoms with E-state index < -0.39 is 12.7 Å². The Hall–Kier alpha value is -2.00. The molecule has 0 bridgehead atoms. The maximum absolute atomic E-state index is 12.8. The zero-order chi connectivity index (χ0) is 19.2. The van der Waals surface area contributed by atoms with Crippen LogP contribution >= 0.6 is 0 Å². The molecule has 26 heavy (non-hydrogen) atoms. The number of rotatable bonds is 7. The van der Waals surface area contributed by atoms with Gasteiger partial charge in [-0.25, -0.2) is 0 Å². The number of hydrogen-bond donors (Lipinski definition) is 1. The minimum Gasteiger partial charge on any atom is -0.493 e. The van der Waals surface area contributed by atoms with E-state index in [9.17, 15) is 18.0 Å². The van der Waals surface area contributed by atoms with Crippen molar-refractivity contribution in [3.63, 3.8) is 0 Å². The molecule has 1 saturated heterocycles. The fraction of sp³-hybridized carbons (Fsp3) is 0.588. The number of hydrogen-bond acceptors (Lipinski definition) is 5. The van der Waals surface area contributed by atoms with Gasteiger partial charge in [0.05, 0.1) is 25.8 Å². The van der Waals surface area contributed by atoms with Gasteiger partial charge in [0.2, 0.25) is 0 Å². The number of ether oxygens (including phenoxy) is 2. The van der Waals surface area contributed by atoms with Crippen LogP contribution in [0.2, 0.25) is 0 Å². The van der Waals surface area contributed by atoms with Gasteiger partial charge in [-0.2, -0.15) is 13.2 Å². The number of carbonyl (C=O) groups is 1. The van der Waals surface area contributed by atoms with Gasteiger partial charge in [0.1, 0.15) is 0 Å². The van der Waals surface area contributed by atoms with Gasteiger partial charge < -0.3 is 20.1 Å². The van der Waals surface area contributed by atoms with Crippen LogP contribution in [0.1, 0.15) is 16.8 Å². The van der Waals surface area contributed by atoms with Crippen LogP contribution in [0.4, 0.5) is 13.2 Å². The monoisotopic (exact) mass is 375 g/mol. The van der Waals surface area contributed by atoms with Crippen LogP contribution in [0.15, 0.2) is 18.2 Å². The molecular formula is C17H24F3N3O3. The molecule has 0 aliphatic carbocycles. The summed E-state index contributed by atoms with van der Waals surface area (Å²) in [5, 5.41) is 0. The third kappa shape index (κ3) is 5.50. The molecule has 0 aromatic heterocycles. The summed E-state index contributed by atoms with van der Waals surface area (Å²) in [4.78, 5) is 15.7. The smallest absolute Gasteiger partial charge is 0.401 e. The van der Waals surface area contributed by atoms with E-state index in [0.717, 1.165) is 0 Å². The van der Waals surface area contributed by atoms with E-state index in [2.05, 4.69) is 0 Å². The molecule has 1 amide bonds. The summed E-state index contributed by atoms with van der Waals surface area (Å²) in [5.41, 5.74) is 5.80. The third-order valence-corrected chi connectivity index (χ3v) is 4.09. The number of halogens is 3. The topological polar surface area (TPSA) is 68.0 Å². The number of benzene rings is 1. The highest BCUT2D eigenvalue weighted by atomic mass is 19.4. The van der Waals surface area contributed by atoms with Gasteiger partial charge in [0, 0.05) is 26.2 Å². The number of alkyl halides is 3. The second-order valence-corrected chi connectivity index (χ2v) is 6.01. The summed E-state index contributed by atoms with van der Waals surface area (Å²) >= 11 is 0. The molecule has 0 unspecified atom stereocenters. The highest BCUT2D eigenvalue weighted by Gasteiger charge is 2.33. The Bertz CT molecular complexity index is 603. The van der Waals surface area contributed by atoms with Gasteiger partial charge >= 0.3 is 6.18 Å². The molecule has 146 valence electrons. The van der Waals surface area contributed by atoms with E-state index in [4.69, 9.17) is 15.2 Å². The van der Waals surface area contributed by atoms with Crippen LogP contribution in [0, 0.1) is 0 Å². The Morgan fingerprint density at radius 1 is 1.23 bits per heavy atom. The molecule has 0 saturated carbocycles. The lowest BCUT2D eigenvalue weighted by Gasteiger charge is -2.35. The predicted molar refractivity (Wildman–Crippen MR) is 90.6 cm³/mol. The average Bonchev–Trinajstić information content (AvgIpc) is 2.60. The summed E-state index contributed by atoms with van der Waals surface area (Å²) in [6, 6.07) is 5.00. The van der Waals surface area contributed by atoms with Crippen molar-refractivity contribution in [3.8, 4) is 11.5 Å². The SMILES string of the molecule is COc1cccc(C(=O)N2CCN(CC(F)(F)F)CC2)c1OCCCN. The number of amides is 1. The van der Waals surface area contributed by atoms with E-state index in [-0.39, 0.29) is 32.1 Å². The van der Waals surface area contributed by atoms with Crippen molar-refractivity contribution in [2.24, 2.45) is 5.73 Å². The minimum atomic E-state index is -4.23. The molecule has 0 atom stereocenters. The quantitative estimate of drug-likeness (QED) is 0.736. The molecular weight excluding hydrogens is 351 g/mol. The standard InChI is InChI=1S/C17H24F3N3O3/c1-25-14-5-2-4-13(15(14)26-11-3-6-21)16(24)23-9-7-22(8-10-23)12-17(18,19)20/h2,4-5H,3,6-12,21H2,1H3. The zero-order valence-corrected chi connectivity index (χ0v) is 14.7. The maximum atomic E-state index is 12.8. The van der Waals surface area contributed by atoms with Crippen LogP contribution in [-0.4, -0.2) is 74.9 Å². The van der Waals surface area contributed by atoms with E-state index in [1.54, 1.807) is 18.2 Å². The van der Waals surface area contributed by atoms with E-state index >= 15 is 0 Å². The summed E-state index contributed by atoms with van der Waals surface area (Å²) < 4.78 is 48.4. The predicted octanol–water partition coefficient (Wildman–Crippen LogP) is 1.74. The van der Waals surface area contributed by atoms with Crippen LogP contribution in [0.3, 0.4) is 0 Å². The normalized spacial score (nSPS) is 15.8. The fourth-order valence-electron chi connectivity index (χ4n) is 2.78. The van der Waals surface area contributed by atoms with E-state index in [1.165, 1.54) is 16.9 Å². The van der Waals surface area contributed by atoms with Gasteiger partial charge in [-0.05, 0) is 25.1 Å². The van der Waals surface area contributed by atoms with Crippen LogP contribution in [0.5, 0.6) is 11.5 Å². The number of methoxy groups -OCH3 is 1. The molecule has 1 aliphatic heterocycles. The second-order valence-electron chi connectivity index (χ2n) is 6.01. The first kappa shape index (κ1) is 20.3. The maximum Gasteiger partial charge on any atom is 0.401 e. The molecule has 1 aromatic carbocycles. The molecule has 6 nitrogen and oxygen atoms in total. The molecule has 2 rings (SSSR count). The molecule has 1 aromatic rings. The van der Waals surface area contributed by atoms with Crippen molar-refractivity contribution in [1.29, 1.82) is 0 Å². The number of nitrogens with two attached hydrogens (primary N) is 1. The lowest BCUT2D eigenvalue weighted by atomic mass is 10.1. The lowest BCUT2D eigenvalue weighted by Crippen LogP contribution is -2.51. The van der Waals surface area contributed by atoms with Gasteiger partial charge in [-0.1, -0.05) is 6.07 Å². The van der Waals surface area contributed by atoms with Crippen molar-refractivity contribution < 1.29 is 27.4 Å². The van der Waals surface area contributed by atoms with Crippen molar-refractivity contribution in [2.75, 3.05) is 53.0 Å². The number of nitrogens with zero attached hydrogens (tertiary/aromatic N) is 2. The van der Waals surface area contributed by atoms with Crippen molar-refractivity contribution >= 4 is 5.91 Å². The summed E-state index contributed by atoms with van der Waals surface area (Å²) in [5.74, 6) is 0.494. The molecule has 1 aliphatic rings. The first-order valence-corrected chi connectivity index (χ1v) is 8.44. The van der Waals surface area contributed by atoms with Crippen LogP contribution < -0.4 is 15.2 Å². The molecule has 0 radical (unpaired) electrons. The second kappa shape index (κ2) is 9.09. The Morgan fingerprint density at radius 3 is 2.50 bits per heavy atom. The first-order valence-electron chi connectivity index (χ1n) is 8.44. The van der Waals surface area contributed by atoms with Gasteiger partial charge in [-0.3, -0.25) is 9.69 Å². The van der Waals surface area contributed by atoms with Crippen molar-refractivity contribution in [2.45, 2.75) is 12.6 Å². The highest BCUT2D eigenvalue weighted by Crippen LogP contribution is 2.32. The summed E-state index contributed by atoms with van der Waals surface area (Å²) in [6.45, 7) is 0.664. The molecule has 9 heteroatoms. The van der Waals surface area contributed by atoms with Gasteiger partial charge in [0.15, 0.2) is 11.5 Å². The highest BCUT2D eigenvalue weighted by molar-refractivity contribution is 5.98. The van der Waals surface area contributed by atoms with Gasteiger partial charge in [0.25, 0.3) is 5.91 Å². The van der Waals surface area contributed by atoms with E-state index in [1.807, 2.05) is 0 Å². The van der Waals surface area contributed by atoms with E-state index in [0.29, 0.717) is 36.6 Å². The number of carbonyl (C=O) groups excluding carboxylic acids is 1. The largest absolute Gasteiger partial charge is 0.493 e.